The summed E-state index contributed by atoms with van der Waals surface area (Å²) in [5, 5.41) is 0. The zero-order valence-corrected chi connectivity index (χ0v) is 14.9. The summed E-state index contributed by atoms with van der Waals surface area (Å²) in [4.78, 5) is 0. The Bertz CT molecular complexity index is 203. The molecule has 0 N–H and O–H groups in total. The summed E-state index contributed by atoms with van der Waals surface area (Å²) < 4.78 is 23.8. The third-order valence-corrected chi connectivity index (χ3v) is 5.03. The van der Waals surface area contributed by atoms with Crippen LogP contribution in [-0.4, -0.2) is 40.0 Å². The zero-order valence-electron chi connectivity index (χ0n) is 13.9. The molecule has 0 heterocycles. The van der Waals surface area contributed by atoms with Crippen LogP contribution >= 0.6 is 0 Å². The highest BCUT2D eigenvalue weighted by molar-refractivity contribution is 6.60. The summed E-state index contributed by atoms with van der Waals surface area (Å²) in [7, 11) is -2.77. The minimum atomic E-state index is -2.77. The molecule has 0 aromatic carbocycles. The van der Waals surface area contributed by atoms with Gasteiger partial charge in [-0.15, -0.1) is 0 Å². The van der Waals surface area contributed by atoms with Gasteiger partial charge in [0.05, 0.1) is 0 Å². The van der Waals surface area contributed by atoms with Crippen LogP contribution in [0.5, 0.6) is 0 Å². The van der Waals surface area contributed by atoms with E-state index in [0.717, 1.165) is 0 Å². The Labute approximate surface area is 120 Å². The van der Waals surface area contributed by atoms with Gasteiger partial charge in [-0.1, -0.05) is 13.8 Å². The van der Waals surface area contributed by atoms with E-state index in [9.17, 15) is 0 Å². The van der Waals surface area contributed by atoms with Crippen LogP contribution in [0.15, 0.2) is 0 Å². The van der Waals surface area contributed by atoms with Gasteiger partial charge in [0.15, 0.2) is 0 Å². The third-order valence-electron chi connectivity index (χ3n) is 1.98. The molecule has 0 fully saturated rings. The smallest absolute Gasteiger partial charge is 0.377 e. The van der Waals surface area contributed by atoms with E-state index < -0.39 is 8.80 Å². The fourth-order valence-corrected chi connectivity index (χ4v) is 4.58. The molecule has 0 rings (SSSR count). The van der Waals surface area contributed by atoms with Crippen molar-refractivity contribution in [2.75, 3.05) is 12.8 Å². The van der Waals surface area contributed by atoms with Crippen LogP contribution < -0.4 is 0 Å². The molecule has 0 radical (unpaired) electrons. The fraction of sp³-hybridized carbons (Fsp3) is 1.00. The standard InChI is InChI=1S/C14H32O4Si/c1-11(2)9-15-10-19(16-12(3)4,17-13(5)6)18-14(7)8/h11-14H,9-10H2,1-8H3. The molecule has 0 aromatic heterocycles. The molecule has 5 heteroatoms. The minimum Gasteiger partial charge on any atom is -0.377 e. The maximum Gasteiger partial charge on any atom is 0.528 e. The van der Waals surface area contributed by atoms with Gasteiger partial charge in [0.2, 0.25) is 0 Å². The van der Waals surface area contributed by atoms with E-state index in [1.54, 1.807) is 0 Å². The van der Waals surface area contributed by atoms with E-state index in [-0.39, 0.29) is 18.3 Å². The maximum absolute atomic E-state index is 6.01. The lowest BCUT2D eigenvalue weighted by molar-refractivity contribution is -0.0245. The van der Waals surface area contributed by atoms with Crippen molar-refractivity contribution in [1.29, 1.82) is 0 Å². The van der Waals surface area contributed by atoms with Gasteiger partial charge in [-0.3, -0.25) is 0 Å². The highest BCUT2D eigenvalue weighted by Gasteiger charge is 2.45. The topological polar surface area (TPSA) is 36.9 Å². The molecule has 0 aromatic rings. The molecular weight excluding hydrogens is 260 g/mol. The van der Waals surface area contributed by atoms with E-state index >= 15 is 0 Å². The highest BCUT2D eigenvalue weighted by Crippen LogP contribution is 2.18. The largest absolute Gasteiger partial charge is 0.528 e. The Morgan fingerprint density at radius 3 is 1.32 bits per heavy atom. The summed E-state index contributed by atoms with van der Waals surface area (Å²) in [5.74, 6) is 0.490. The van der Waals surface area contributed by atoms with Gasteiger partial charge in [-0.2, -0.15) is 0 Å². The molecular formula is C14H32O4Si. The Morgan fingerprint density at radius 1 is 0.684 bits per heavy atom. The number of hydrogen-bond acceptors (Lipinski definition) is 4. The molecule has 0 unspecified atom stereocenters. The van der Waals surface area contributed by atoms with Gasteiger partial charge in [0.25, 0.3) is 0 Å². The van der Waals surface area contributed by atoms with Crippen molar-refractivity contribution in [3.63, 3.8) is 0 Å². The molecule has 0 aliphatic heterocycles. The van der Waals surface area contributed by atoms with E-state index in [0.29, 0.717) is 18.8 Å². The van der Waals surface area contributed by atoms with Gasteiger partial charge in [-0.25, -0.2) is 0 Å². The first-order valence-electron chi connectivity index (χ1n) is 7.28. The second-order valence-corrected chi connectivity index (χ2v) is 8.45. The van der Waals surface area contributed by atoms with E-state index in [1.807, 2.05) is 41.5 Å². The predicted molar refractivity (Wildman–Crippen MR) is 80.1 cm³/mol. The maximum atomic E-state index is 6.01. The van der Waals surface area contributed by atoms with Crippen LogP contribution in [0.3, 0.4) is 0 Å². The monoisotopic (exact) mass is 292 g/mol. The Kier molecular flexibility index (Phi) is 9.10. The first kappa shape index (κ1) is 19.1. The molecule has 0 aliphatic rings. The lowest BCUT2D eigenvalue weighted by Gasteiger charge is -2.34. The molecule has 116 valence electrons. The minimum absolute atomic E-state index is 0.0619. The third kappa shape index (κ3) is 9.57. The van der Waals surface area contributed by atoms with Crippen LogP contribution in [0.25, 0.3) is 0 Å². The van der Waals surface area contributed by atoms with Crippen molar-refractivity contribution in [3.05, 3.63) is 0 Å². The fourth-order valence-electron chi connectivity index (χ4n) is 1.68. The molecule has 0 saturated heterocycles. The molecule has 0 amide bonds. The van der Waals surface area contributed by atoms with Crippen molar-refractivity contribution >= 4 is 8.80 Å². The van der Waals surface area contributed by atoms with Crippen molar-refractivity contribution in [1.82, 2.24) is 0 Å². The lowest BCUT2D eigenvalue weighted by atomic mass is 10.2. The quantitative estimate of drug-likeness (QED) is 0.578. The molecule has 0 spiro atoms. The van der Waals surface area contributed by atoms with Crippen LogP contribution in [-0.2, 0) is 18.0 Å². The predicted octanol–water partition coefficient (Wildman–Crippen LogP) is 3.41. The summed E-state index contributed by atoms with van der Waals surface area (Å²) in [6.07, 6.45) is 0.602. The SMILES string of the molecule is CC(C)COC[Si](OC(C)C)(OC(C)C)OC(C)C. The highest BCUT2D eigenvalue weighted by atomic mass is 28.4. The Balaban J connectivity index is 4.77. The number of rotatable bonds is 10. The first-order valence-corrected chi connectivity index (χ1v) is 9.21. The average Bonchev–Trinajstić information content (AvgIpc) is 2.12. The molecule has 0 atom stereocenters. The normalized spacial score (nSPS) is 13.3. The first-order chi connectivity index (χ1) is 8.67. The van der Waals surface area contributed by atoms with Crippen LogP contribution in [0, 0.1) is 5.92 Å². The van der Waals surface area contributed by atoms with Crippen molar-refractivity contribution in [3.8, 4) is 0 Å². The van der Waals surface area contributed by atoms with Crippen LogP contribution in [0.4, 0.5) is 0 Å². The van der Waals surface area contributed by atoms with Crippen LogP contribution in [0.2, 0.25) is 0 Å². The number of hydrogen-bond donors (Lipinski definition) is 0. The van der Waals surface area contributed by atoms with E-state index in [2.05, 4.69) is 13.8 Å². The van der Waals surface area contributed by atoms with Crippen molar-refractivity contribution in [2.24, 2.45) is 5.92 Å². The summed E-state index contributed by atoms with van der Waals surface area (Å²) in [6.45, 7) is 16.9. The second kappa shape index (κ2) is 9.08. The average molecular weight is 292 g/mol. The van der Waals surface area contributed by atoms with Gasteiger partial charge in [0.1, 0.15) is 6.23 Å². The lowest BCUT2D eigenvalue weighted by Crippen LogP contribution is -2.55. The number of ether oxygens (including phenoxy) is 1. The Morgan fingerprint density at radius 2 is 1.05 bits per heavy atom. The molecule has 0 bridgehead atoms. The Hall–Kier alpha value is 0.0569. The van der Waals surface area contributed by atoms with Crippen molar-refractivity contribution in [2.45, 2.75) is 73.7 Å². The molecule has 19 heavy (non-hydrogen) atoms. The van der Waals surface area contributed by atoms with E-state index in [4.69, 9.17) is 18.0 Å². The van der Waals surface area contributed by atoms with Gasteiger partial charge >= 0.3 is 8.80 Å². The van der Waals surface area contributed by atoms with Crippen molar-refractivity contribution < 1.29 is 18.0 Å². The summed E-state index contributed by atoms with van der Waals surface area (Å²) in [5.41, 5.74) is 0. The second-order valence-electron chi connectivity index (χ2n) is 6.09. The van der Waals surface area contributed by atoms with E-state index in [1.165, 1.54) is 0 Å². The summed E-state index contributed by atoms with van der Waals surface area (Å²) >= 11 is 0. The molecule has 4 nitrogen and oxygen atoms in total. The molecule has 0 saturated carbocycles. The van der Waals surface area contributed by atoms with Crippen LogP contribution in [0.1, 0.15) is 55.4 Å². The zero-order chi connectivity index (χ0) is 15.1. The molecule has 0 aliphatic carbocycles. The van der Waals surface area contributed by atoms with Gasteiger partial charge in [-0.05, 0) is 47.5 Å². The van der Waals surface area contributed by atoms with Gasteiger partial charge < -0.3 is 18.0 Å². The van der Waals surface area contributed by atoms with Gasteiger partial charge in [0, 0.05) is 24.9 Å². The summed E-state index contributed by atoms with van der Waals surface area (Å²) in [6, 6.07) is 0.